The molecule has 2 aromatic carbocycles. The maximum absolute atomic E-state index is 12.6. The molecule has 1 heterocycles. The van der Waals surface area contributed by atoms with Gasteiger partial charge in [-0.25, -0.2) is 13.1 Å². The lowest BCUT2D eigenvalue weighted by Gasteiger charge is -2.07. The number of nitrogens with zero attached hydrogens (tertiary/aromatic N) is 2. The molecule has 8 heteroatoms. The van der Waals surface area contributed by atoms with Crippen LogP contribution in [0, 0.1) is 13.8 Å². The summed E-state index contributed by atoms with van der Waals surface area (Å²) in [5.74, 6) is -0.349. The SMILES string of the molecule is Cc1ccc(Cn2nc(C)c(C(=O)NCCCS(=O)(=O)Cc3ccccc3)c2Cl)cc1. The average Bonchev–Trinajstić information content (AvgIpc) is 3.00. The Morgan fingerprint density at radius 3 is 2.39 bits per heavy atom. The monoisotopic (exact) mass is 459 g/mol. The molecular weight excluding hydrogens is 434 g/mol. The summed E-state index contributed by atoms with van der Waals surface area (Å²) in [6, 6.07) is 17.1. The first-order chi connectivity index (χ1) is 14.7. The molecule has 1 N–H and O–H groups in total. The lowest BCUT2D eigenvalue weighted by atomic mass is 10.1. The third-order valence-electron chi connectivity index (χ3n) is 4.89. The molecule has 1 aromatic heterocycles. The van der Waals surface area contributed by atoms with E-state index in [0.29, 0.717) is 24.2 Å². The van der Waals surface area contributed by atoms with Crippen molar-refractivity contribution >= 4 is 27.3 Å². The lowest BCUT2D eigenvalue weighted by molar-refractivity contribution is 0.0953. The van der Waals surface area contributed by atoms with Crippen molar-refractivity contribution in [1.82, 2.24) is 15.1 Å². The summed E-state index contributed by atoms with van der Waals surface area (Å²) in [4.78, 5) is 12.6. The molecular formula is C23H26ClN3O3S. The van der Waals surface area contributed by atoms with Gasteiger partial charge in [-0.3, -0.25) is 4.79 Å². The maximum Gasteiger partial charge on any atom is 0.256 e. The van der Waals surface area contributed by atoms with Crippen molar-refractivity contribution in [3.05, 3.63) is 87.7 Å². The molecule has 0 fully saturated rings. The first-order valence-electron chi connectivity index (χ1n) is 10.1. The minimum Gasteiger partial charge on any atom is -0.352 e. The lowest BCUT2D eigenvalue weighted by Crippen LogP contribution is -2.26. The largest absolute Gasteiger partial charge is 0.352 e. The number of aryl methyl sites for hydroxylation is 2. The quantitative estimate of drug-likeness (QED) is 0.491. The van der Waals surface area contributed by atoms with Gasteiger partial charge in [-0.05, 0) is 31.4 Å². The third kappa shape index (κ3) is 6.42. The fraction of sp³-hybridized carbons (Fsp3) is 0.304. The first-order valence-corrected chi connectivity index (χ1v) is 12.3. The van der Waals surface area contributed by atoms with E-state index in [9.17, 15) is 13.2 Å². The van der Waals surface area contributed by atoms with Crippen molar-refractivity contribution in [3.8, 4) is 0 Å². The fourth-order valence-corrected chi connectivity index (χ4v) is 5.01. The molecule has 0 radical (unpaired) electrons. The second kappa shape index (κ2) is 10.1. The number of amides is 1. The molecule has 0 spiro atoms. The highest BCUT2D eigenvalue weighted by Crippen LogP contribution is 2.21. The van der Waals surface area contributed by atoms with Gasteiger partial charge < -0.3 is 5.32 Å². The van der Waals surface area contributed by atoms with Gasteiger partial charge in [0.15, 0.2) is 9.84 Å². The van der Waals surface area contributed by atoms with Gasteiger partial charge in [-0.1, -0.05) is 71.8 Å². The summed E-state index contributed by atoms with van der Waals surface area (Å²) in [6.45, 7) is 4.46. The van der Waals surface area contributed by atoms with Crippen molar-refractivity contribution in [1.29, 1.82) is 0 Å². The number of aromatic nitrogens is 2. The number of hydrogen-bond donors (Lipinski definition) is 1. The Kier molecular flexibility index (Phi) is 7.51. The normalized spacial score (nSPS) is 11.5. The van der Waals surface area contributed by atoms with Crippen LogP contribution in [-0.4, -0.2) is 36.4 Å². The highest BCUT2D eigenvalue weighted by molar-refractivity contribution is 7.90. The van der Waals surface area contributed by atoms with E-state index in [-0.39, 0.29) is 29.1 Å². The van der Waals surface area contributed by atoms with E-state index >= 15 is 0 Å². The summed E-state index contributed by atoms with van der Waals surface area (Å²) in [5.41, 5.74) is 3.81. The van der Waals surface area contributed by atoms with Crippen molar-refractivity contribution in [2.75, 3.05) is 12.3 Å². The Bertz CT molecular complexity index is 1140. The smallest absolute Gasteiger partial charge is 0.256 e. The van der Waals surface area contributed by atoms with Gasteiger partial charge in [0.05, 0.1) is 29.3 Å². The van der Waals surface area contributed by atoms with Gasteiger partial charge in [0.25, 0.3) is 5.91 Å². The standard InChI is InChI=1S/C23H26ClN3O3S/c1-17-9-11-19(12-10-17)15-27-22(24)21(18(2)26-27)23(28)25-13-6-14-31(29,30)16-20-7-4-3-5-8-20/h3-5,7-12H,6,13-16H2,1-2H3,(H,25,28). The zero-order valence-corrected chi connectivity index (χ0v) is 19.2. The molecule has 164 valence electrons. The van der Waals surface area contributed by atoms with Gasteiger partial charge >= 0.3 is 0 Å². The summed E-state index contributed by atoms with van der Waals surface area (Å²) >= 11 is 6.43. The molecule has 31 heavy (non-hydrogen) atoms. The van der Waals surface area contributed by atoms with Crippen molar-refractivity contribution in [3.63, 3.8) is 0 Å². The number of carbonyl (C=O) groups excluding carboxylic acids is 1. The van der Waals surface area contributed by atoms with Crippen LogP contribution in [-0.2, 0) is 22.1 Å². The highest BCUT2D eigenvalue weighted by atomic mass is 35.5. The Morgan fingerprint density at radius 2 is 1.71 bits per heavy atom. The van der Waals surface area contributed by atoms with Gasteiger partial charge in [-0.15, -0.1) is 0 Å². The number of rotatable bonds is 9. The zero-order chi connectivity index (χ0) is 22.4. The molecule has 1 amide bonds. The summed E-state index contributed by atoms with van der Waals surface area (Å²) < 4.78 is 26.1. The number of halogens is 1. The van der Waals surface area contributed by atoms with E-state index in [4.69, 9.17) is 11.6 Å². The molecule has 0 saturated heterocycles. The van der Waals surface area contributed by atoms with E-state index in [1.165, 1.54) is 0 Å². The van der Waals surface area contributed by atoms with Crippen LogP contribution in [0.3, 0.4) is 0 Å². The average molecular weight is 460 g/mol. The molecule has 6 nitrogen and oxygen atoms in total. The first kappa shape index (κ1) is 23.0. The molecule has 0 aliphatic heterocycles. The van der Waals surface area contributed by atoms with Crippen LogP contribution >= 0.6 is 11.6 Å². The Labute approximate surface area is 188 Å². The van der Waals surface area contributed by atoms with Gasteiger partial charge in [-0.2, -0.15) is 5.10 Å². The molecule has 0 unspecified atom stereocenters. The molecule has 0 saturated carbocycles. The summed E-state index contributed by atoms with van der Waals surface area (Å²) in [6.07, 6.45) is 0.328. The van der Waals surface area contributed by atoms with Gasteiger partial charge in [0.2, 0.25) is 0 Å². The number of sulfone groups is 1. The van der Waals surface area contributed by atoms with Gasteiger partial charge in [0, 0.05) is 6.54 Å². The van der Waals surface area contributed by atoms with Gasteiger partial charge in [0.1, 0.15) is 5.15 Å². The predicted octanol–water partition coefficient (Wildman–Crippen LogP) is 3.94. The number of carbonyl (C=O) groups is 1. The summed E-state index contributed by atoms with van der Waals surface area (Å²) in [5, 5.41) is 7.42. The second-order valence-corrected chi connectivity index (χ2v) is 10.1. The topological polar surface area (TPSA) is 81.1 Å². The van der Waals surface area contributed by atoms with Crippen molar-refractivity contribution in [2.24, 2.45) is 0 Å². The summed E-state index contributed by atoms with van der Waals surface area (Å²) in [7, 11) is -3.24. The Hall–Kier alpha value is -2.64. The van der Waals surface area contributed by atoms with E-state index < -0.39 is 9.84 Å². The molecule has 0 atom stereocenters. The number of hydrogen-bond acceptors (Lipinski definition) is 4. The Morgan fingerprint density at radius 1 is 1.03 bits per heavy atom. The van der Waals surface area contributed by atoms with Crippen LogP contribution in [0.25, 0.3) is 0 Å². The fourth-order valence-electron chi connectivity index (χ4n) is 3.27. The molecule has 3 rings (SSSR count). The predicted molar refractivity (Wildman–Crippen MR) is 123 cm³/mol. The van der Waals surface area contributed by atoms with Crippen molar-refractivity contribution < 1.29 is 13.2 Å². The Balaban J connectivity index is 1.54. The minimum absolute atomic E-state index is 0.00148. The molecule has 3 aromatic rings. The number of nitrogens with one attached hydrogen (secondary N) is 1. The van der Waals surface area contributed by atoms with E-state index in [1.54, 1.807) is 23.7 Å². The molecule has 0 aliphatic rings. The van der Waals surface area contributed by atoms with E-state index in [1.807, 2.05) is 49.4 Å². The second-order valence-electron chi connectivity index (χ2n) is 7.58. The van der Waals surface area contributed by atoms with Crippen LogP contribution in [0.2, 0.25) is 5.15 Å². The van der Waals surface area contributed by atoms with Crippen LogP contribution in [0.5, 0.6) is 0 Å². The van der Waals surface area contributed by atoms with Crippen LogP contribution in [0.4, 0.5) is 0 Å². The third-order valence-corrected chi connectivity index (χ3v) is 6.96. The number of benzene rings is 2. The van der Waals surface area contributed by atoms with Crippen molar-refractivity contribution in [2.45, 2.75) is 32.6 Å². The maximum atomic E-state index is 12.6. The highest BCUT2D eigenvalue weighted by Gasteiger charge is 2.20. The molecule has 0 bridgehead atoms. The van der Waals surface area contributed by atoms with E-state index in [0.717, 1.165) is 16.7 Å². The van der Waals surface area contributed by atoms with Crippen LogP contribution < -0.4 is 5.32 Å². The van der Waals surface area contributed by atoms with Crippen LogP contribution in [0.15, 0.2) is 54.6 Å². The molecule has 0 aliphatic carbocycles. The zero-order valence-electron chi connectivity index (χ0n) is 17.6. The van der Waals surface area contributed by atoms with E-state index in [2.05, 4.69) is 10.4 Å². The van der Waals surface area contributed by atoms with Crippen LogP contribution in [0.1, 0.15) is 39.2 Å². The minimum atomic E-state index is -3.24.